The zero-order valence-electron chi connectivity index (χ0n) is 16.5. The summed E-state index contributed by atoms with van der Waals surface area (Å²) in [6.45, 7) is 3.81. The SMILES string of the molecule is CCn1cc(NC(=O)C2CCN(C(=O)c3csc(-c4ccccc4Cl)n3)CC2)cn1. The molecule has 0 unspecified atom stereocenters. The zero-order valence-corrected chi connectivity index (χ0v) is 18.1. The Morgan fingerprint density at radius 1 is 1.27 bits per heavy atom. The van der Waals surface area contributed by atoms with Crippen LogP contribution < -0.4 is 5.32 Å². The van der Waals surface area contributed by atoms with Gasteiger partial charge in [-0.15, -0.1) is 11.3 Å². The molecule has 0 atom stereocenters. The second kappa shape index (κ2) is 8.97. The molecule has 1 aliphatic heterocycles. The van der Waals surface area contributed by atoms with E-state index in [1.165, 1.54) is 11.3 Å². The van der Waals surface area contributed by atoms with E-state index in [0.717, 1.165) is 17.1 Å². The van der Waals surface area contributed by atoms with Crippen LogP contribution in [0.4, 0.5) is 5.69 Å². The molecule has 1 N–H and O–H groups in total. The number of piperidine rings is 1. The topological polar surface area (TPSA) is 80.1 Å². The van der Waals surface area contributed by atoms with Crippen molar-refractivity contribution in [1.82, 2.24) is 19.7 Å². The summed E-state index contributed by atoms with van der Waals surface area (Å²) in [6.07, 6.45) is 4.72. The van der Waals surface area contributed by atoms with Gasteiger partial charge in [0.15, 0.2) is 0 Å². The number of carbonyl (C=O) groups is 2. The Hall–Kier alpha value is -2.71. The fraction of sp³-hybridized carbons (Fsp3) is 0.333. The van der Waals surface area contributed by atoms with E-state index in [0.29, 0.717) is 42.3 Å². The first kappa shape index (κ1) is 20.6. The monoisotopic (exact) mass is 443 g/mol. The van der Waals surface area contributed by atoms with Gasteiger partial charge >= 0.3 is 0 Å². The number of hydrogen-bond donors (Lipinski definition) is 1. The molecule has 1 saturated heterocycles. The Balaban J connectivity index is 1.34. The molecule has 7 nitrogen and oxygen atoms in total. The maximum atomic E-state index is 12.9. The van der Waals surface area contributed by atoms with E-state index in [1.807, 2.05) is 37.4 Å². The average molecular weight is 444 g/mol. The number of halogens is 1. The van der Waals surface area contributed by atoms with Gasteiger partial charge in [-0.2, -0.15) is 5.10 Å². The summed E-state index contributed by atoms with van der Waals surface area (Å²) in [5.74, 6) is -0.242. The predicted molar refractivity (Wildman–Crippen MR) is 118 cm³/mol. The molecule has 0 spiro atoms. The number of nitrogens with zero attached hydrogens (tertiary/aromatic N) is 4. The van der Waals surface area contributed by atoms with Crippen LogP contribution in [0.2, 0.25) is 5.02 Å². The first-order valence-corrected chi connectivity index (χ1v) is 11.1. The molecule has 156 valence electrons. The number of carbonyl (C=O) groups excluding carboxylic acids is 2. The lowest BCUT2D eigenvalue weighted by Crippen LogP contribution is -2.41. The van der Waals surface area contributed by atoms with E-state index in [4.69, 9.17) is 11.6 Å². The van der Waals surface area contributed by atoms with Gasteiger partial charge in [0, 0.05) is 42.7 Å². The molecule has 2 amide bonds. The van der Waals surface area contributed by atoms with Crippen molar-refractivity contribution >= 4 is 40.4 Å². The molecule has 9 heteroatoms. The Labute approximate surface area is 183 Å². The van der Waals surface area contributed by atoms with Crippen molar-refractivity contribution in [1.29, 1.82) is 0 Å². The van der Waals surface area contributed by atoms with Gasteiger partial charge in [-0.3, -0.25) is 14.3 Å². The minimum Gasteiger partial charge on any atom is -0.337 e. The maximum Gasteiger partial charge on any atom is 0.273 e. The number of benzene rings is 1. The van der Waals surface area contributed by atoms with E-state index < -0.39 is 0 Å². The first-order chi connectivity index (χ1) is 14.5. The molecule has 0 radical (unpaired) electrons. The molecule has 1 fully saturated rings. The van der Waals surface area contributed by atoms with E-state index in [1.54, 1.807) is 21.2 Å². The lowest BCUT2D eigenvalue weighted by Gasteiger charge is -2.30. The summed E-state index contributed by atoms with van der Waals surface area (Å²) in [5.41, 5.74) is 1.95. The number of likely N-dealkylation sites (tertiary alicyclic amines) is 1. The molecule has 0 saturated carbocycles. The number of amides is 2. The van der Waals surface area contributed by atoms with Crippen LogP contribution in [0.5, 0.6) is 0 Å². The molecule has 3 heterocycles. The average Bonchev–Trinajstić information content (AvgIpc) is 3.43. The van der Waals surface area contributed by atoms with Crippen molar-refractivity contribution in [2.24, 2.45) is 5.92 Å². The predicted octanol–water partition coefficient (Wildman–Crippen LogP) is 4.17. The summed E-state index contributed by atoms with van der Waals surface area (Å²) in [5, 5.41) is 10.2. The molecule has 1 aliphatic rings. The lowest BCUT2D eigenvalue weighted by atomic mass is 9.95. The Kier molecular flexibility index (Phi) is 6.15. The van der Waals surface area contributed by atoms with Crippen LogP contribution in [0.3, 0.4) is 0 Å². The standard InChI is InChI=1S/C21H22ClN5O2S/c1-2-27-12-15(11-23-27)24-19(28)14-7-9-26(10-8-14)21(29)18-13-30-20(25-18)16-5-3-4-6-17(16)22/h3-6,11-14H,2,7-10H2,1H3,(H,24,28). The highest BCUT2D eigenvalue weighted by Gasteiger charge is 2.29. The summed E-state index contributed by atoms with van der Waals surface area (Å²) < 4.78 is 1.77. The quantitative estimate of drug-likeness (QED) is 0.641. The number of thiazole rings is 1. The Morgan fingerprint density at radius 3 is 2.73 bits per heavy atom. The van der Waals surface area contributed by atoms with E-state index in [2.05, 4.69) is 15.4 Å². The summed E-state index contributed by atoms with van der Waals surface area (Å²) in [7, 11) is 0. The molecule has 4 rings (SSSR count). The second-order valence-corrected chi connectivity index (χ2v) is 8.42. The van der Waals surface area contributed by atoms with Crippen molar-refractivity contribution in [3.8, 4) is 10.6 Å². The van der Waals surface area contributed by atoms with Crippen LogP contribution in [0, 0.1) is 5.92 Å². The minimum absolute atomic E-state index is 0.0209. The van der Waals surface area contributed by atoms with Crippen molar-refractivity contribution in [2.75, 3.05) is 18.4 Å². The fourth-order valence-electron chi connectivity index (χ4n) is 3.48. The number of aryl methyl sites for hydroxylation is 1. The van der Waals surface area contributed by atoms with E-state index in [9.17, 15) is 9.59 Å². The molecule has 1 aromatic carbocycles. The zero-order chi connectivity index (χ0) is 21.1. The van der Waals surface area contributed by atoms with Gasteiger partial charge in [0.1, 0.15) is 10.7 Å². The number of aromatic nitrogens is 3. The normalized spacial score (nSPS) is 14.7. The Morgan fingerprint density at radius 2 is 2.03 bits per heavy atom. The molecule has 3 aromatic rings. The van der Waals surface area contributed by atoms with Crippen molar-refractivity contribution in [2.45, 2.75) is 26.3 Å². The fourth-order valence-corrected chi connectivity index (χ4v) is 4.60. The van der Waals surface area contributed by atoms with E-state index >= 15 is 0 Å². The largest absolute Gasteiger partial charge is 0.337 e. The van der Waals surface area contributed by atoms with Crippen molar-refractivity contribution in [3.63, 3.8) is 0 Å². The molecule has 30 heavy (non-hydrogen) atoms. The number of rotatable bonds is 5. The lowest BCUT2D eigenvalue weighted by molar-refractivity contribution is -0.121. The van der Waals surface area contributed by atoms with Crippen LogP contribution in [-0.4, -0.2) is 44.6 Å². The smallest absolute Gasteiger partial charge is 0.273 e. The number of nitrogens with one attached hydrogen (secondary N) is 1. The van der Waals surface area contributed by atoms with Gasteiger partial charge in [-0.05, 0) is 25.8 Å². The molecule has 2 aromatic heterocycles. The van der Waals surface area contributed by atoms with Crippen LogP contribution in [0.25, 0.3) is 10.6 Å². The molecule has 0 bridgehead atoms. The summed E-state index contributed by atoms with van der Waals surface area (Å²) >= 11 is 7.64. The molecular formula is C21H22ClN5O2S. The van der Waals surface area contributed by atoms with Crippen LogP contribution in [0.15, 0.2) is 42.0 Å². The highest BCUT2D eigenvalue weighted by Crippen LogP contribution is 2.30. The highest BCUT2D eigenvalue weighted by molar-refractivity contribution is 7.13. The van der Waals surface area contributed by atoms with Crippen LogP contribution >= 0.6 is 22.9 Å². The summed E-state index contributed by atoms with van der Waals surface area (Å²) in [4.78, 5) is 31.6. The number of anilines is 1. The van der Waals surface area contributed by atoms with Gasteiger partial charge in [-0.25, -0.2) is 4.98 Å². The highest BCUT2D eigenvalue weighted by atomic mass is 35.5. The number of hydrogen-bond acceptors (Lipinski definition) is 5. The van der Waals surface area contributed by atoms with Crippen molar-refractivity contribution < 1.29 is 9.59 Å². The third-order valence-corrected chi connectivity index (χ3v) is 6.41. The van der Waals surface area contributed by atoms with Gasteiger partial charge in [-0.1, -0.05) is 29.8 Å². The third-order valence-electron chi connectivity index (χ3n) is 5.21. The van der Waals surface area contributed by atoms with Crippen molar-refractivity contribution in [3.05, 3.63) is 52.8 Å². The first-order valence-electron chi connectivity index (χ1n) is 9.88. The summed E-state index contributed by atoms with van der Waals surface area (Å²) in [6, 6.07) is 7.46. The van der Waals surface area contributed by atoms with Gasteiger partial charge in [0.25, 0.3) is 5.91 Å². The maximum absolute atomic E-state index is 12.9. The second-order valence-electron chi connectivity index (χ2n) is 7.16. The van der Waals surface area contributed by atoms with Gasteiger partial charge in [0.05, 0.1) is 16.9 Å². The molecular weight excluding hydrogens is 422 g/mol. The van der Waals surface area contributed by atoms with Gasteiger partial charge < -0.3 is 10.2 Å². The molecule has 0 aliphatic carbocycles. The van der Waals surface area contributed by atoms with Crippen LogP contribution in [0.1, 0.15) is 30.3 Å². The minimum atomic E-state index is -0.117. The van der Waals surface area contributed by atoms with E-state index in [-0.39, 0.29) is 17.7 Å². The Bertz CT molecular complexity index is 1060. The van der Waals surface area contributed by atoms with Crippen LogP contribution in [-0.2, 0) is 11.3 Å². The van der Waals surface area contributed by atoms with Gasteiger partial charge in [0.2, 0.25) is 5.91 Å². The third kappa shape index (κ3) is 4.39.